The predicted molar refractivity (Wildman–Crippen MR) is 125 cm³/mol. The van der Waals surface area contributed by atoms with Crippen molar-refractivity contribution < 1.29 is 9.53 Å². The van der Waals surface area contributed by atoms with E-state index in [4.69, 9.17) is 16.3 Å². The van der Waals surface area contributed by atoms with Gasteiger partial charge >= 0.3 is 5.97 Å². The molecule has 0 bridgehead atoms. The Balaban J connectivity index is 1.55. The van der Waals surface area contributed by atoms with Crippen molar-refractivity contribution in [3.8, 4) is 0 Å². The van der Waals surface area contributed by atoms with Crippen molar-refractivity contribution in [2.75, 3.05) is 31.6 Å². The zero-order chi connectivity index (χ0) is 21.6. The molecule has 3 aromatic carbocycles. The van der Waals surface area contributed by atoms with Crippen LogP contribution in [0.15, 0.2) is 78.9 Å². The first-order valence-electron chi connectivity index (χ1n) is 10.6. The number of rotatable bonds is 6. The molecule has 1 heterocycles. The highest BCUT2D eigenvalue weighted by atomic mass is 35.5. The number of carbonyl (C=O) groups is 1. The summed E-state index contributed by atoms with van der Waals surface area (Å²) in [5, 5.41) is 0.749. The number of nitrogens with zero attached hydrogens (tertiary/aromatic N) is 2. The molecule has 0 aliphatic carbocycles. The number of halogens is 1. The van der Waals surface area contributed by atoms with E-state index in [2.05, 4.69) is 64.4 Å². The lowest BCUT2D eigenvalue weighted by molar-refractivity contribution is -0.139. The summed E-state index contributed by atoms with van der Waals surface area (Å²) in [7, 11) is 1.42. The van der Waals surface area contributed by atoms with Crippen LogP contribution in [0, 0.1) is 0 Å². The lowest BCUT2D eigenvalue weighted by Gasteiger charge is -2.43. The summed E-state index contributed by atoms with van der Waals surface area (Å²) in [5.74, 6) is -0.221. The molecule has 4 nitrogen and oxygen atoms in total. The van der Waals surface area contributed by atoms with Crippen molar-refractivity contribution in [1.29, 1.82) is 0 Å². The molecule has 0 amide bonds. The van der Waals surface area contributed by atoms with Crippen LogP contribution >= 0.6 is 11.6 Å². The molecule has 1 aliphatic rings. The van der Waals surface area contributed by atoms with E-state index >= 15 is 0 Å². The first-order valence-corrected chi connectivity index (χ1v) is 10.9. The van der Waals surface area contributed by atoms with Gasteiger partial charge in [0.15, 0.2) is 0 Å². The number of hydrogen-bond donors (Lipinski definition) is 0. The molecule has 5 heteroatoms. The summed E-state index contributed by atoms with van der Waals surface area (Å²) >= 11 is 6.15. The molecule has 0 aromatic heterocycles. The summed E-state index contributed by atoms with van der Waals surface area (Å²) in [6.45, 7) is 3.79. The summed E-state index contributed by atoms with van der Waals surface area (Å²) in [6, 6.07) is 27.3. The maximum Gasteiger partial charge on any atom is 0.309 e. The number of methoxy groups -OCH3 is 1. The lowest BCUT2D eigenvalue weighted by atomic mass is 10.00. The SMILES string of the molecule is COC(=O)Cc1ccc(N2CCN(Cc3ccccc3)C[C@H]2c2ccc(Cl)cc2)cc1. The molecule has 3 aromatic rings. The van der Waals surface area contributed by atoms with Crippen LogP contribution in [0.25, 0.3) is 0 Å². The number of benzene rings is 3. The van der Waals surface area contributed by atoms with Crippen LogP contribution in [-0.4, -0.2) is 37.6 Å². The van der Waals surface area contributed by atoms with Gasteiger partial charge in [0.2, 0.25) is 0 Å². The highest BCUT2D eigenvalue weighted by molar-refractivity contribution is 6.30. The van der Waals surface area contributed by atoms with Crippen LogP contribution in [0.3, 0.4) is 0 Å². The van der Waals surface area contributed by atoms with Crippen LogP contribution in [0.5, 0.6) is 0 Å². The van der Waals surface area contributed by atoms with E-state index in [0.717, 1.165) is 42.5 Å². The quantitative estimate of drug-likeness (QED) is 0.504. The first kappa shape index (κ1) is 21.4. The summed E-state index contributed by atoms with van der Waals surface area (Å²) in [4.78, 5) is 16.5. The van der Waals surface area contributed by atoms with E-state index in [1.807, 2.05) is 24.3 Å². The lowest BCUT2D eigenvalue weighted by Crippen LogP contribution is -2.48. The molecule has 1 aliphatic heterocycles. The second-order valence-electron chi connectivity index (χ2n) is 7.90. The molecule has 4 rings (SSSR count). The fraction of sp³-hybridized carbons (Fsp3) is 0.269. The molecule has 1 saturated heterocycles. The van der Waals surface area contributed by atoms with E-state index in [1.165, 1.54) is 18.2 Å². The second-order valence-corrected chi connectivity index (χ2v) is 8.34. The third kappa shape index (κ3) is 5.46. The fourth-order valence-electron chi connectivity index (χ4n) is 4.15. The van der Waals surface area contributed by atoms with Gasteiger partial charge in [-0.1, -0.05) is 66.2 Å². The number of piperazine rings is 1. The van der Waals surface area contributed by atoms with Crippen molar-refractivity contribution in [3.63, 3.8) is 0 Å². The van der Waals surface area contributed by atoms with Gasteiger partial charge in [-0.3, -0.25) is 9.69 Å². The maximum atomic E-state index is 11.6. The van der Waals surface area contributed by atoms with E-state index < -0.39 is 0 Å². The minimum Gasteiger partial charge on any atom is -0.469 e. The van der Waals surface area contributed by atoms with Gasteiger partial charge in [-0.05, 0) is 41.0 Å². The molecule has 1 fully saturated rings. The van der Waals surface area contributed by atoms with Crippen LogP contribution in [0.4, 0.5) is 5.69 Å². The minimum atomic E-state index is -0.221. The zero-order valence-electron chi connectivity index (χ0n) is 17.7. The Hall–Kier alpha value is -2.82. The smallest absolute Gasteiger partial charge is 0.309 e. The monoisotopic (exact) mass is 434 g/mol. The Morgan fingerprint density at radius 3 is 2.32 bits per heavy atom. The third-order valence-corrected chi connectivity index (χ3v) is 6.06. The highest BCUT2D eigenvalue weighted by Crippen LogP contribution is 2.32. The van der Waals surface area contributed by atoms with Gasteiger partial charge < -0.3 is 9.64 Å². The Morgan fingerprint density at radius 1 is 0.935 bits per heavy atom. The largest absolute Gasteiger partial charge is 0.469 e. The first-order chi connectivity index (χ1) is 15.1. The predicted octanol–water partition coefficient (Wildman–Crippen LogP) is 5.12. The van der Waals surface area contributed by atoms with Crippen molar-refractivity contribution in [3.05, 3.63) is 101 Å². The van der Waals surface area contributed by atoms with Crippen molar-refractivity contribution in [1.82, 2.24) is 4.90 Å². The number of hydrogen-bond acceptors (Lipinski definition) is 4. The molecular formula is C26H27ClN2O2. The average Bonchev–Trinajstić information content (AvgIpc) is 2.81. The van der Waals surface area contributed by atoms with Gasteiger partial charge in [-0.25, -0.2) is 0 Å². The Bertz CT molecular complexity index is 990. The van der Waals surface area contributed by atoms with Crippen molar-refractivity contribution in [2.24, 2.45) is 0 Å². The molecule has 0 unspecified atom stereocenters. The Kier molecular flexibility index (Phi) is 6.90. The fourth-order valence-corrected chi connectivity index (χ4v) is 4.27. The summed E-state index contributed by atoms with van der Waals surface area (Å²) in [6.07, 6.45) is 0.294. The van der Waals surface area contributed by atoms with Crippen LogP contribution in [0.1, 0.15) is 22.7 Å². The van der Waals surface area contributed by atoms with E-state index in [0.29, 0.717) is 6.42 Å². The van der Waals surface area contributed by atoms with Gasteiger partial charge in [-0.15, -0.1) is 0 Å². The molecule has 31 heavy (non-hydrogen) atoms. The molecule has 0 radical (unpaired) electrons. The van der Waals surface area contributed by atoms with E-state index in [-0.39, 0.29) is 12.0 Å². The number of esters is 1. The molecule has 1 atom stereocenters. The number of carbonyl (C=O) groups excluding carboxylic acids is 1. The average molecular weight is 435 g/mol. The Morgan fingerprint density at radius 2 is 1.65 bits per heavy atom. The standard InChI is InChI=1S/C26H27ClN2O2/c1-31-26(30)17-20-7-13-24(14-8-20)29-16-15-28(18-21-5-3-2-4-6-21)19-25(29)22-9-11-23(27)12-10-22/h2-14,25H,15-19H2,1H3/t25-/m0/s1. The molecule has 160 valence electrons. The summed E-state index contributed by atoms with van der Waals surface area (Å²) < 4.78 is 4.78. The van der Waals surface area contributed by atoms with Gasteiger partial charge in [0.1, 0.15) is 0 Å². The van der Waals surface area contributed by atoms with Gasteiger partial charge in [0.05, 0.1) is 19.6 Å². The Labute approximate surface area is 189 Å². The molecule has 0 N–H and O–H groups in total. The molecule has 0 saturated carbocycles. The van der Waals surface area contributed by atoms with Crippen LogP contribution in [-0.2, 0) is 22.5 Å². The van der Waals surface area contributed by atoms with Gasteiger partial charge in [0.25, 0.3) is 0 Å². The minimum absolute atomic E-state index is 0.221. The van der Waals surface area contributed by atoms with Crippen LogP contribution < -0.4 is 4.90 Å². The normalized spacial score (nSPS) is 16.8. The van der Waals surface area contributed by atoms with E-state index in [9.17, 15) is 4.79 Å². The molecular weight excluding hydrogens is 408 g/mol. The van der Waals surface area contributed by atoms with Crippen LogP contribution in [0.2, 0.25) is 5.02 Å². The zero-order valence-corrected chi connectivity index (χ0v) is 18.5. The van der Waals surface area contributed by atoms with Crippen molar-refractivity contribution >= 4 is 23.3 Å². The number of anilines is 1. The maximum absolute atomic E-state index is 11.6. The second kappa shape index (κ2) is 9.99. The third-order valence-electron chi connectivity index (χ3n) is 5.81. The van der Waals surface area contributed by atoms with E-state index in [1.54, 1.807) is 0 Å². The summed E-state index contributed by atoms with van der Waals surface area (Å²) in [5.41, 5.74) is 4.70. The number of ether oxygens (including phenoxy) is 1. The molecule has 0 spiro atoms. The van der Waals surface area contributed by atoms with Gasteiger partial charge in [0, 0.05) is 36.9 Å². The van der Waals surface area contributed by atoms with Gasteiger partial charge in [-0.2, -0.15) is 0 Å². The highest BCUT2D eigenvalue weighted by Gasteiger charge is 2.28. The van der Waals surface area contributed by atoms with Crippen molar-refractivity contribution in [2.45, 2.75) is 19.0 Å². The topological polar surface area (TPSA) is 32.8 Å².